The van der Waals surface area contributed by atoms with Gasteiger partial charge in [-0.3, -0.25) is 5.32 Å². The van der Waals surface area contributed by atoms with E-state index in [9.17, 15) is 9.18 Å². The van der Waals surface area contributed by atoms with Gasteiger partial charge in [-0.05, 0) is 25.1 Å². The summed E-state index contributed by atoms with van der Waals surface area (Å²) in [5.41, 5.74) is 0. The number of anilines is 2. The second kappa shape index (κ2) is 6.55. The molecule has 0 saturated carbocycles. The summed E-state index contributed by atoms with van der Waals surface area (Å²) < 4.78 is 12.8. The van der Waals surface area contributed by atoms with Gasteiger partial charge in [0.05, 0.1) is 6.20 Å². The van der Waals surface area contributed by atoms with Gasteiger partial charge in [0, 0.05) is 32.4 Å². The van der Waals surface area contributed by atoms with Crippen molar-refractivity contribution in [3.8, 4) is 0 Å². The second-order valence-electron chi connectivity index (χ2n) is 5.23. The van der Waals surface area contributed by atoms with Crippen molar-refractivity contribution in [1.29, 1.82) is 0 Å². The predicted molar refractivity (Wildman–Crippen MR) is 83.8 cm³/mol. The lowest BCUT2D eigenvalue weighted by Crippen LogP contribution is -2.50. The first-order chi connectivity index (χ1) is 11.1. The molecule has 1 aliphatic heterocycles. The van der Waals surface area contributed by atoms with E-state index in [1.165, 1.54) is 12.1 Å². The molecular formula is C15H17FN6O. The van der Waals surface area contributed by atoms with Gasteiger partial charge in [0.25, 0.3) is 0 Å². The lowest BCUT2D eigenvalue weighted by atomic mass is 10.3. The molecule has 0 aliphatic carbocycles. The molecule has 120 valence electrons. The van der Waals surface area contributed by atoms with Gasteiger partial charge in [-0.15, -0.1) is 0 Å². The van der Waals surface area contributed by atoms with Crippen LogP contribution in [0.3, 0.4) is 0 Å². The normalized spacial score (nSPS) is 14.7. The zero-order valence-corrected chi connectivity index (χ0v) is 12.7. The Labute approximate surface area is 133 Å². The number of aromatic nitrogens is 3. The summed E-state index contributed by atoms with van der Waals surface area (Å²) in [6.45, 7) is 4.40. The average molecular weight is 316 g/mol. The van der Waals surface area contributed by atoms with Crippen molar-refractivity contribution in [2.24, 2.45) is 0 Å². The first-order valence-corrected chi connectivity index (χ1v) is 7.34. The van der Waals surface area contributed by atoms with Crippen LogP contribution in [0, 0.1) is 12.7 Å². The Kier molecular flexibility index (Phi) is 4.31. The maximum Gasteiger partial charge on any atom is 0.323 e. The molecule has 3 rings (SSSR count). The van der Waals surface area contributed by atoms with E-state index in [-0.39, 0.29) is 6.03 Å². The van der Waals surface area contributed by atoms with Crippen LogP contribution in [0.25, 0.3) is 0 Å². The number of rotatable bonds is 2. The van der Waals surface area contributed by atoms with Crippen molar-refractivity contribution in [2.45, 2.75) is 6.92 Å². The maximum absolute atomic E-state index is 12.8. The van der Waals surface area contributed by atoms with Crippen molar-refractivity contribution in [1.82, 2.24) is 19.9 Å². The van der Waals surface area contributed by atoms with E-state index in [2.05, 4.69) is 25.2 Å². The summed E-state index contributed by atoms with van der Waals surface area (Å²) in [6.07, 6.45) is 2.81. The number of nitrogens with one attached hydrogen (secondary N) is 1. The van der Waals surface area contributed by atoms with Gasteiger partial charge in [0.15, 0.2) is 0 Å². The molecule has 2 aromatic rings. The maximum atomic E-state index is 12.8. The highest BCUT2D eigenvalue weighted by Gasteiger charge is 2.22. The van der Waals surface area contributed by atoms with Crippen molar-refractivity contribution in [2.75, 3.05) is 36.4 Å². The zero-order valence-electron chi connectivity index (χ0n) is 12.7. The lowest BCUT2D eigenvalue weighted by Gasteiger charge is -2.35. The van der Waals surface area contributed by atoms with Gasteiger partial charge in [0.1, 0.15) is 23.3 Å². The first kappa shape index (κ1) is 15.1. The standard InChI is InChI=1S/C15H17FN6O/c1-11-17-5-4-14(19-11)21-6-8-22(9-7-21)15(23)20-13-3-2-12(16)10-18-13/h2-5,10H,6-9H2,1H3,(H,18,20,23). The number of amides is 2. The zero-order chi connectivity index (χ0) is 16.2. The smallest absolute Gasteiger partial charge is 0.323 e. The SMILES string of the molecule is Cc1nccc(N2CCN(C(=O)Nc3ccc(F)cn3)CC2)n1. The van der Waals surface area contributed by atoms with Crippen LogP contribution in [-0.4, -0.2) is 52.1 Å². The Hall–Kier alpha value is -2.77. The third kappa shape index (κ3) is 3.71. The van der Waals surface area contributed by atoms with Gasteiger partial charge < -0.3 is 9.80 Å². The van der Waals surface area contributed by atoms with Crippen LogP contribution >= 0.6 is 0 Å². The van der Waals surface area contributed by atoms with E-state index in [1.54, 1.807) is 11.1 Å². The average Bonchev–Trinajstić information content (AvgIpc) is 2.57. The number of pyridine rings is 1. The summed E-state index contributed by atoms with van der Waals surface area (Å²) in [6, 6.07) is 4.33. The van der Waals surface area contributed by atoms with Crippen LogP contribution in [0.15, 0.2) is 30.6 Å². The summed E-state index contributed by atoms with van der Waals surface area (Å²) in [7, 11) is 0. The molecule has 2 aromatic heterocycles. The van der Waals surface area contributed by atoms with Crippen molar-refractivity contribution in [3.63, 3.8) is 0 Å². The molecule has 7 nitrogen and oxygen atoms in total. The molecule has 1 N–H and O–H groups in total. The Balaban J connectivity index is 1.56. The topological polar surface area (TPSA) is 74.2 Å². The Morgan fingerprint density at radius 2 is 1.96 bits per heavy atom. The number of hydrogen-bond acceptors (Lipinski definition) is 5. The van der Waals surface area contributed by atoms with Crippen LogP contribution in [-0.2, 0) is 0 Å². The molecule has 0 radical (unpaired) electrons. The van der Waals surface area contributed by atoms with Gasteiger partial charge >= 0.3 is 6.03 Å². The molecular weight excluding hydrogens is 299 g/mol. The highest BCUT2D eigenvalue weighted by Crippen LogP contribution is 2.14. The van der Waals surface area contributed by atoms with Crippen LogP contribution in [0.2, 0.25) is 0 Å². The van der Waals surface area contributed by atoms with Crippen molar-refractivity contribution >= 4 is 17.7 Å². The summed E-state index contributed by atoms with van der Waals surface area (Å²) in [5, 5.41) is 2.67. The monoisotopic (exact) mass is 316 g/mol. The molecule has 0 aromatic carbocycles. The Morgan fingerprint density at radius 3 is 2.61 bits per heavy atom. The minimum Gasteiger partial charge on any atom is -0.353 e. The van der Waals surface area contributed by atoms with Crippen LogP contribution in [0.1, 0.15) is 5.82 Å². The van der Waals surface area contributed by atoms with Gasteiger partial charge in [-0.1, -0.05) is 0 Å². The highest BCUT2D eigenvalue weighted by molar-refractivity contribution is 5.88. The summed E-state index contributed by atoms with van der Waals surface area (Å²) in [4.78, 5) is 28.3. The van der Waals surface area contributed by atoms with E-state index in [0.717, 1.165) is 17.8 Å². The van der Waals surface area contributed by atoms with E-state index < -0.39 is 5.82 Å². The number of carbonyl (C=O) groups is 1. The van der Waals surface area contributed by atoms with Crippen molar-refractivity contribution in [3.05, 3.63) is 42.2 Å². The fourth-order valence-electron chi connectivity index (χ4n) is 2.40. The van der Waals surface area contributed by atoms with Gasteiger partial charge in [-0.25, -0.2) is 24.1 Å². The fraction of sp³-hybridized carbons (Fsp3) is 0.333. The molecule has 0 atom stereocenters. The predicted octanol–water partition coefficient (Wildman–Crippen LogP) is 1.67. The number of halogens is 1. The summed E-state index contributed by atoms with van der Waals surface area (Å²) in [5.74, 6) is 1.50. The van der Waals surface area contributed by atoms with Crippen LogP contribution in [0.4, 0.5) is 20.8 Å². The van der Waals surface area contributed by atoms with Crippen molar-refractivity contribution < 1.29 is 9.18 Å². The highest BCUT2D eigenvalue weighted by atomic mass is 19.1. The molecule has 2 amide bonds. The molecule has 1 fully saturated rings. The number of urea groups is 1. The van der Waals surface area contributed by atoms with E-state index in [4.69, 9.17) is 0 Å². The Morgan fingerprint density at radius 1 is 1.17 bits per heavy atom. The molecule has 23 heavy (non-hydrogen) atoms. The largest absolute Gasteiger partial charge is 0.353 e. The second-order valence-corrected chi connectivity index (χ2v) is 5.23. The molecule has 8 heteroatoms. The molecule has 0 spiro atoms. The van der Waals surface area contributed by atoms with E-state index in [0.29, 0.717) is 32.0 Å². The number of nitrogens with zero attached hydrogens (tertiary/aromatic N) is 5. The third-order valence-electron chi connectivity index (χ3n) is 3.61. The first-order valence-electron chi connectivity index (χ1n) is 7.34. The van der Waals surface area contributed by atoms with Gasteiger partial charge in [0.2, 0.25) is 0 Å². The quantitative estimate of drug-likeness (QED) is 0.912. The Bertz CT molecular complexity index is 685. The lowest BCUT2D eigenvalue weighted by molar-refractivity contribution is 0.208. The van der Waals surface area contributed by atoms with Crippen LogP contribution in [0.5, 0.6) is 0 Å². The number of aryl methyl sites for hydroxylation is 1. The minimum atomic E-state index is -0.434. The third-order valence-corrected chi connectivity index (χ3v) is 3.61. The summed E-state index contributed by atoms with van der Waals surface area (Å²) >= 11 is 0. The number of piperazine rings is 1. The molecule has 1 saturated heterocycles. The van der Waals surface area contributed by atoms with Gasteiger partial charge in [-0.2, -0.15) is 0 Å². The molecule has 3 heterocycles. The van der Waals surface area contributed by atoms with E-state index in [1.807, 2.05) is 13.0 Å². The number of hydrogen-bond donors (Lipinski definition) is 1. The fourth-order valence-corrected chi connectivity index (χ4v) is 2.40. The molecule has 1 aliphatic rings. The van der Waals surface area contributed by atoms with Crippen LogP contribution < -0.4 is 10.2 Å². The minimum absolute atomic E-state index is 0.234. The van der Waals surface area contributed by atoms with E-state index >= 15 is 0 Å². The molecule has 0 unspecified atom stereocenters. The molecule has 0 bridgehead atoms. The number of carbonyl (C=O) groups excluding carboxylic acids is 1.